The molecule has 18 heavy (non-hydrogen) atoms. The van der Waals surface area contributed by atoms with Crippen molar-refractivity contribution in [2.75, 3.05) is 20.3 Å². The first-order chi connectivity index (χ1) is 8.61. The molecule has 0 saturated carbocycles. The van der Waals surface area contributed by atoms with Crippen molar-refractivity contribution in [3.05, 3.63) is 33.8 Å². The van der Waals surface area contributed by atoms with Crippen molar-refractivity contribution < 1.29 is 4.74 Å². The van der Waals surface area contributed by atoms with Gasteiger partial charge in [0.25, 0.3) is 0 Å². The number of hydrogen-bond donors (Lipinski definition) is 1. The van der Waals surface area contributed by atoms with Crippen molar-refractivity contribution in [3.8, 4) is 0 Å². The van der Waals surface area contributed by atoms with Gasteiger partial charge in [-0.25, -0.2) is 0 Å². The molecular formula is C15H24BrNO. The third-order valence-corrected chi connectivity index (χ3v) is 4.41. The Balaban J connectivity index is 2.92. The molecule has 3 heteroatoms. The first-order valence-corrected chi connectivity index (χ1v) is 7.38. The van der Waals surface area contributed by atoms with Crippen LogP contribution in [-0.4, -0.2) is 20.3 Å². The van der Waals surface area contributed by atoms with E-state index >= 15 is 0 Å². The van der Waals surface area contributed by atoms with E-state index in [-0.39, 0.29) is 0 Å². The Kier molecular flexibility index (Phi) is 6.90. The fraction of sp³-hybridized carbons (Fsp3) is 0.600. The fourth-order valence-corrected chi connectivity index (χ4v) is 2.73. The van der Waals surface area contributed by atoms with E-state index in [1.54, 1.807) is 7.11 Å². The van der Waals surface area contributed by atoms with Crippen molar-refractivity contribution in [3.63, 3.8) is 0 Å². The van der Waals surface area contributed by atoms with Gasteiger partial charge in [-0.15, -0.1) is 0 Å². The third kappa shape index (κ3) is 4.08. The highest BCUT2D eigenvalue weighted by Gasteiger charge is 2.20. The molecule has 1 N–H and O–H groups in total. The van der Waals surface area contributed by atoms with Crippen LogP contribution in [0, 0.1) is 12.8 Å². The van der Waals surface area contributed by atoms with Crippen molar-refractivity contribution >= 4 is 15.9 Å². The number of halogens is 1. The van der Waals surface area contributed by atoms with Gasteiger partial charge in [0.2, 0.25) is 0 Å². The van der Waals surface area contributed by atoms with E-state index in [2.05, 4.69) is 60.2 Å². The second-order valence-corrected chi connectivity index (χ2v) is 5.57. The summed E-state index contributed by atoms with van der Waals surface area (Å²) in [4.78, 5) is 0. The summed E-state index contributed by atoms with van der Waals surface area (Å²) in [6.45, 7) is 8.35. The van der Waals surface area contributed by atoms with Crippen LogP contribution in [0.4, 0.5) is 0 Å². The van der Waals surface area contributed by atoms with Gasteiger partial charge in [-0.2, -0.15) is 0 Å². The van der Waals surface area contributed by atoms with Crippen molar-refractivity contribution in [1.82, 2.24) is 5.32 Å². The summed E-state index contributed by atoms with van der Waals surface area (Å²) in [5.41, 5.74) is 2.63. The molecule has 0 saturated heterocycles. The van der Waals surface area contributed by atoms with Crippen molar-refractivity contribution in [2.45, 2.75) is 33.2 Å². The highest BCUT2D eigenvalue weighted by molar-refractivity contribution is 9.10. The Hall–Kier alpha value is -0.380. The van der Waals surface area contributed by atoms with Crippen LogP contribution in [0.15, 0.2) is 22.7 Å². The maximum Gasteiger partial charge on any atom is 0.0465 e. The SMILES string of the molecule is CCNC(c1cccc(C)c1Br)C(C)CCOC. The molecule has 1 rings (SSSR count). The van der Waals surface area contributed by atoms with E-state index in [9.17, 15) is 0 Å². The molecule has 0 aliphatic rings. The average Bonchev–Trinajstić information content (AvgIpc) is 2.37. The molecule has 0 amide bonds. The maximum absolute atomic E-state index is 5.19. The molecule has 2 atom stereocenters. The molecule has 0 aromatic heterocycles. The zero-order valence-corrected chi connectivity index (χ0v) is 13.4. The monoisotopic (exact) mass is 313 g/mol. The zero-order chi connectivity index (χ0) is 13.5. The van der Waals surface area contributed by atoms with Gasteiger partial charge in [0, 0.05) is 24.2 Å². The molecule has 1 aromatic carbocycles. The van der Waals surface area contributed by atoms with Gasteiger partial charge in [-0.3, -0.25) is 0 Å². The molecule has 2 unspecified atom stereocenters. The lowest BCUT2D eigenvalue weighted by Crippen LogP contribution is -2.28. The van der Waals surface area contributed by atoms with Crippen LogP contribution in [0.3, 0.4) is 0 Å². The number of hydrogen-bond acceptors (Lipinski definition) is 2. The largest absolute Gasteiger partial charge is 0.385 e. The summed E-state index contributed by atoms with van der Waals surface area (Å²) in [6, 6.07) is 6.84. The lowest BCUT2D eigenvalue weighted by atomic mass is 9.91. The molecule has 0 aliphatic heterocycles. The highest BCUT2D eigenvalue weighted by atomic mass is 79.9. The van der Waals surface area contributed by atoms with Crippen LogP contribution in [0.5, 0.6) is 0 Å². The summed E-state index contributed by atoms with van der Waals surface area (Å²) in [7, 11) is 1.76. The minimum absolute atomic E-state index is 0.374. The molecule has 0 aliphatic carbocycles. The lowest BCUT2D eigenvalue weighted by Gasteiger charge is -2.26. The van der Waals surface area contributed by atoms with Crippen LogP contribution in [0.25, 0.3) is 0 Å². The van der Waals surface area contributed by atoms with Gasteiger partial charge in [0.1, 0.15) is 0 Å². The molecule has 0 heterocycles. The average molecular weight is 314 g/mol. The maximum atomic E-state index is 5.19. The highest BCUT2D eigenvalue weighted by Crippen LogP contribution is 2.32. The number of ether oxygens (including phenoxy) is 1. The predicted octanol–water partition coefficient (Wildman–Crippen LogP) is 4.08. The summed E-state index contributed by atoms with van der Waals surface area (Å²) >= 11 is 3.72. The van der Waals surface area contributed by atoms with Crippen LogP contribution in [0.2, 0.25) is 0 Å². The second-order valence-electron chi connectivity index (χ2n) is 4.77. The zero-order valence-electron chi connectivity index (χ0n) is 11.8. The summed E-state index contributed by atoms with van der Waals surface area (Å²) in [5, 5.41) is 3.59. The van der Waals surface area contributed by atoms with E-state index in [1.807, 2.05) is 0 Å². The van der Waals surface area contributed by atoms with Crippen LogP contribution < -0.4 is 5.32 Å². The standard InChI is InChI=1S/C15H24BrNO/c1-5-17-15(12(3)9-10-18-4)13-8-6-7-11(2)14(13)16/h6-8,12,15,17H,5,9-10H2,1-4H3. The summed E-state index contributed by atoms with van der Waals surface area (Å²) in [6.07, 6.45) is 1.06. The number of rotatable bonds is 7. The third-order valence-electron chi connectivity index (χ3n) is 3.33. The van der Waals surface area contributed by atoms with E-state index in [0.717, 1.165) is 19.6 Å². The number of benzene rings is 1. The van der Waals surface area contributed by atoms with Gasteiger partial charge in [0.15, 0.2) is 0 Å². The molecule has 0 fully saturated rings. The molecule has 0 radical (unpaired) electrons. The van der Waals surface area contributed by atoms with Gasteiger partial charge in [-0.1, -0.05) is 48.0 Å². The molecule has 0 bridgehead atoms. The van der Waals surface area contributed by atoms with E-state index < -0.39 is 0 Å². The van der Waals surface area contributed by atoms with Crippen LogP contribution >= 0.6 is 15.9 Å². The molecular weight excluding hydrogens is 290 g/mol. The Labute approximate surface area is 119 Å². The lowest BCUT2D eigenvalue weighted by molar-refractivity contribution is 0.170. The summed E-state index contributed by atoms with van der Waals surface area (Å²) in [5.74, 6) is 0.544. The van der Waals surface area contributed by atoms with Gasteiger partial charge >= 0.3 is 0 Å². The Morgan fingerprint density at radius 1 is 1.39 bits per heavy atom. The van der Waals surface area contributed by atoms with Gasteiger partial charge < -0.3 is 10.1 Å². The van der Waals surface area contributed by atoms with E-state index in [1.165, 1.54) is 15.6 Å². The molecule has 102 valence electrons. The fourth-order valence-electron chi connectivity index (χ4n) is 2.22. The number of nitrogens with one attached hydrogen (secondary N) is 1. The quantitative estimate of drug-likeness (QED) is 0.819. The summed E-state index contributed by atoms with van der Waals surface area (Å²) < 4.78 is 6.41. The first-order valence-electron chi connectivity index (χ1n) is 6.59. The van der Waals surface area contributed by atoms with Crippen molar-refractivity contribution in [1.29, 1.82) is 0 Å². The molecule has 0 spiro atoms. The van der Waals surface area contributed by atoms with Crippen molar-refractivity contribution in [2.24, 2.45) is 5.92 Å². The van der Waals surface area contributed by atoms with Gasteiger partial charge in [-0.05, 0) is 36.9 Å². The Bertz CT molecular complexity index is 368. The Morgan fingerprint density at radius 2 is 2.11 bits per heavy atom. The van der Waals surface area contributed by atoms with E-state index in [4.69, 9.17) is 4.74 Å². The normalized spacial score (nSPS) is 14.5. The Morgan fingerprint density at radius 3 is 2.72 bits per heavy atom. The minimum atomic E-state index is 0.374. The smallest absolute Gasteiger partial charge is 0.0465 e. The molecule has 1 aromatic rings. The van der Waals surface area contributed by atoms with E-state index in [0.29, 0.717) is 12.0 Å². The number of methoxy groups -OCH3 is 1. The topological polar surface area (TPSA) is 21.3 Å². The molecule has 2 nitrogen and oxygen atoms in total. The second kappa shape index (κ2) is 7.93. The predicted molar refractivity (Wildman–Crippen MR) is 81.0 cm³/mol. The first kappa shape index (κ1) is 15.7. The van der Waals surface area contributed by atoms with Crippen LogP contribution in [0.1, 0.15) is 37.4 Å². The van der Waals surface area contributed by atoms with Crippen LogP contribution in [-0.2, 0) is 4.74 Å². The number of aryl methyl sites for hydroxylation is 1. The minimum Gasteiger partial charge on any atom is -0.385 e. The van der Waals surface area contributed by atoms with Gasteiger partial charge in [0.05, 0.1) is 0 Å².